The lowest BCUT2D eigenvalue weighted by Gasteiger charge is -2.12. The molecule has 1 unspecified atom stereocenters. The first-order chi connectivity index (χ1) is 10.1. The standard InChI is InChI=1S/C14H17N2O4P/c1-10-14(17)13(7-15)11(8-16-10)9-19-21(18)20-12-5-3-2-4-6-12/h2-6,8,17,21H,7,9,15H2,1H3. The fourth-order valence-electron chi connectivity index (χ4n) is 1.79. The summed E-state index contributed by atoms with van der Waals surface area (Å²) < 4.78 is 22.1. The zero-order valence-electron chi connectivity index (χ0n) is 11.6. The van der Waals surface area contributed by atoms with Crippen LogP contribution in [0.5, 0.6) is 11.5 Å². The molecule has 0 amide bonds. The number of aromatic hydroxyl groups is 1. The quantitative estimate of drug-likeness (QED) is 0.796. The summed E-state index contributed by atoms with van der Waals surface area (Å²) >= 11 is 0. The van der Waals surface area contributed by atoms with Gasteiger partial charge in [-0.05, 0) is 19.1 Å². The van der Waals surface area contributed by atoms with Crippen LogP contribution in [0.15, 0.2) is 36.5 Å². The van der Waals surface area contributed by atoms with Gasteiger partial charge >= 0.3 is 8.25 Å². The van der Waals surface area contributed by atoms with Gasteiger partial charge in [-0.25, -0.2) is 4.57 Å². The van der Waals surface area contributed by atoms with E-state index in [2.05, 4.69) is 4.98 Å². The predicted molar refractivity (Wildman–Crippen MR) is 79.4 cm³/mol. The molecule has 21 heavy (non-hydrogen) atoms. The number of benzene rings is 1. The number of para-hydroxylation sites is 1. The second-order valence-electron chi connectivity index (χ2n) is 4.35. The molecule has 0 aliphatic carbocycles. The van der Waals surface area contributed by atoms with Crippen molar-refractivity contribution >= 4 is 8.25 Å². The van der Waals surface area contributed by atoms with Gasteiger partial charge in [0.2, 0.25) is 0 Å². The zero-order valence-corrected chi connectivity index (χ0v) is 12.6. The van der Waals surface area contributed by atoms with E-state index in [0.717, 1.165) is 0 Å². The van der Waals surface area contributed by atoms with E-state index in [9.17, 15) is 9.67 Å². The maximum Gasteiger partial charge on any atom is 0.368 e. The summed E-state index contributed by atoms with van der Waals surface area (Å²) in [7, 11) is -2.69. The van der Waals surface area contributed by atoms with Gasteiger partial charge in [-0.15, -0.1) is 0 Å². The Morgan fingerprint density at radius 3 is 2.71 bits per heavy atom. The molecule has 0 spiro atoms. The van der Waals surface area contributed by atoms with E-state index >= 15 is 0 Å². The van der Waals surface area contributed by atoms with Crippen molar-refractivity contribution in [1.29, 1.82) is 0 Å². The summed E-state index contributed by atoms with van der Waals surface area (Å²) in [6.07, 6.45) is 1.55. The number of rotatable bonds is 6. The number of pyridine rings is 1. The fourth-order valence-corrected chi connectivity index (χ4v) is 2.45. The van der Waals surface area contributed by atoms with E-state index in [1.165, 1.54) is 0 Å². The Morgan fingerprint density at radius 1 is 1.33 bits per heavy atom. The Balaban J connectivity index is 2.00. The van der Waals surface area contributed by atoms with Crippen molar-refractivity contribution in [2.24, 2.45) is 5.73 Å². The van der Waals surface area contributed by atoms with Gasteiger partial charge in [-0.3, -0.25) is 9.51 Å². The fraction of sp³-hybridized carbons (Fsp3) is 0.214. The van der Waals surface area contributed by atoms with Crippen LogP contribution < -0.4 is 10.3 Å². The molecule has 0 saturated carbocycles. The van der Waals surface area contributed by atoms with Crippen LogP contribution >= 0.6 is 8.25 Å². The maximum atomic E-state index is 11.8. The molecule has 0 radical (unpaired) electrons. The lowest BCUT2D eigenvalue weighted by atomic mass is 10.1. The molecule has 0 fully saturated rings. The van der Waals surface area contributed by atoms with Gasteiger partial charge in [0, 0.05) is 23.9 Å². The van der Waals surface area contributed by atoms with Gasteiger partial charge in [0.05, 0.1) is 12.3 Å². The zero-order chi connectivity index (χ0) is 15.2. The molecule has 2 aromatic rings. The first kappa shape index (κ1) is 15.5. The third-order valence-electron chi connectivity index (χ3n) is 2.92. The van der Waals surface area contributed by atoms with Crippen LogP contribution in [0.25, 0.3) is 0 Å². The van der Waals surface area contributed by atoms with Crippen LogP contribution in [-0.4, -0.2) is 10.1 Å². The monoisotopic (exact) mass is 308 g/mol. The van der Waals surface area contributed by atoms with Gasteiger partial charge in [0.1, 0.15) is 11.5 Å². The van der Waals surface area contributed by atoms with Crippen molar-refractivity contribution in [3.63, 3.8) is 0 Å². The third-order valence-corrected chi connectivity index (χ3v) is 3.71. The molecular formula is C14H17N2O4P. The van der Waals surface area contributed by atoms with Crippen LogP contribution in [0.3, 0.4) is 0 Å². The van der Waals surface area contributed by atoms with Crippen molar-refractivity contribution in [2.75, 3.05) is 0 Å². The second kappa shape index (κ2) is 7.22. The maximum absolute atomic E-state index is 11.8. The summed E-state index contributed by atoms with van der Waals surface area (Å²) in [6.45, 7) is 1.84. The normalized spacial score (nSPS) is 12.1. The molecule has 0 aliphatic rings. The summed E-state index contributed by atoms with van der Waals surface area (Å²) in [5.74, 6) is 0.521. The van der Waals surface area contributed by atoms with Crippen molar-refractivity contribution < 1.29 is 18.7 Å². The summed E-state index contributed by atoms with van der Waals surface area (Å²) in [4.78, 5) is 4.03. The highest BCUT2D eigenvalue weighted by Gasteiger charge is 2.12. The second-order valence-corrected chi connectivity index (χ2v) is 5.35. The third kappa shape index (κ3) is 4.04. The molecule has 1 aromatic heterocycles. The van der Waals surface area contributed by atoms with Crippen molar-refractivity contribution in [3.8, 4) is 11.5 Å². The van der Waals surface area contributed by atoms with Crippen LogP contribution in [0.4, 0.5) is 0 Å². The van der Waals surface area contributed by atoms with E-state index in [1.54, 1.807) is 37.4 Å². The van der Waals surface area contributed by atoms with Crippen LogP contribution in [-0.2, 0) is 22.2 Å². The molecule has 6 nitrogen and oxygen atoms in total. The molecule has 1 heterocycles. The first-order valence-electron chi connectivity index (χ1n) is 6.38. The lowest BCUT2D eigenvalue weighted by molar-refractivity contribution is 0.274. The average Bonchev–Trinajstić information content (AvgIpc) is 2.49. The van der Waals surface area contributed by atoms with Crippen molar-refractivity contribution in [3.05, 3.63) is 53.3 Å². The molecule has 0 bridgehead atoms. The minimum absolute atomic E-state index is 0.0119. The highest BCUT2D eigenvalue weighted by atomic mass is 31.1. The smallest absolute Gasteiger partial charge is 0.368 e. The Kier molecular flexibility index (Phi) is 5.33. The SMILES string of the molecule is Cc1ncc(CO[PH](=O)Oc2ccccc2)c(CN)c1O. The number of aryl methyl sites for hydroxylation is 1. The Bertz CT molecular complexity index is 634. The van der Waals surface area contributed by atoms with Crippen molar-refractivity contribution in [2.45, 2.75) is 20.1 Å². The predicted octanol–water partition coefficient (Wildman–Crippen LogP) is 2.54. The largest absolute Gasteiger partial charge is 0.506 e. The highest BCUT2D eigenvalue weighted by molar-refractivity contribution is 7.33. The highest BCUT2D eigenvalue weighted by Crippen LogP contribution is 2.31. The number of hydrogen-bond donors (Lipinski definition) is 2. The Morgan fingerprint density at radius 2 is 2.05 bits per heavy atom. The van der Waals surface area contributed by atoms with Gasteiger partial charge in [0.15, 0.2) is 0 Å². The molecule has 0 aliphatic heterocycles. The number of aromatic nitrogens is 1. The summed E-state index contributed by atoms with van der Waals surface area (Å²) in [6, 6.07) is 8.77. The molecule has 2 rings (SSSR count). The number of nitrogens with two attached hydrogens (primary N) is 1. The molecule has 7 heteroatoms. The molecule has 1 aromatic carbocycles. The first-order valence-corrected chi connectivity index (χ1v) is 7.60. The summed E-state index contributed by atoms with van der Waals surface area (Å²) in [5, 5.41) is 9.88. The Hall–Kier alpha value is -1.88. The van der Waals surface area contributed by atoms with E-state index in [4.69, 9.17) is 14.8 Å². The van der Waals surface area contributed by atoms with E-state index in [0.29, 0.717) is 22.6 Å². The van der Waals surface area contributed by atoms with Crippen molar-refractivity contribution in [1.82, 2.24) is 4.98 Å². The summed E-state index contributed by atoms with van der Waals surface area (Å²) in [5.41, 5.74) is 7.23. The molecule has 0 saturated heterocycles. The van der Waals surface area contributed by atoms with Crippen LogP contribution in [0.2, 0.25) is 0 Å². The lowest BCUT2D eigenvalue weighted by Crippen LogP contribution is -2.05. The Labute approximate surface area is 123 Å². The van der Waals surface area contributed by atoms with Gasteiger partial charge in [-0.2, -0.15) is 0 Å². The minimum atomic E-state index is -2.69. The van der Waals surface area contributed by atoms with E-state index in [-0.39, 0.29) is 18.9 Å². The molecular weight excluding hydrogens is 291 g/mol. The van der Waals surface area contributed by atoms with Gasteiger partial charge in [0.25, 0.3) is 0 Å². The molecule has 112 valence electrons. The van der Waals surface area contributed by atoms with Crippen LogP contribution in [0, 0.1) is 6.92 Å². The van der Waals surface area contributed by atoms with E-state index in [1.807, 2.05) is 6.07 Å². The molecule has 1 atom stereocenters. The number of nitrogens with zero attached hydrogens (tertiary/aromatic N) is 1. The number of hydrogen-bond acceptors (Lipinski definition) is 6. The van der Waals surface area contributed by atoms with Gasteiger partial charge in [-0.1, -0.05) is 18.2 Å². The topological polar surface area (TPSA) is 94.7 Å². The molecule has 3 N–H and O–H groups in total. The van der Waals surface area contributed by atoms with E-state index < -0.39 is 8.25 Å². The van der Waals surface area contributed by atoms with Crippen LogP contribution in [0.1, 0.15) is 16.8 Å². The average molecular weight is 308 g/mol. The minimum Gasteiger partial charge on any atom is -0.506 e. The van der Waals surface area contributed by atoms with Gasteiger partial charge < -0.3 is 15.4 Å².